The second-order valence-electron chi connectivity index (χ2n) is 3.94. The summed E-state index contributed by atoms with van der Waals surface area (Å²) in [5, 5.41) is 17.8. The number of carboxylic acids is 1. The van der Waals surface area contributed by atoms with E-state index in [0.717, 1.165) is 0 Å². The van der Waals surface area contributed by atoms with Gasteiger partial charge in [-0.2, -0.15) is 0 Å². The topological polar surface area (TPSA) is 87.1 Å². The van der Waals surface area contributed by atoms with Crippen molar-refractivity contribution in [2.75, 3.05) is 25.2 Å². The lowest BCUT2D eigenvalue weighted by molar-refractivity contribution is -0.127. The number of nitrogens with zero attached hydrogens (tertiary/aromatic N) is 1. The first-order chi connectivity index (χ1) is 9.01. The molecule has 0 spiro atoms. The Morgan fingerprint density at radius 2 is 1.89 bits per heavy atom. The van der Waals surface area contributed by atoms with Crippen molar-refractivity contribution in [3.05, 3.63) is 29.8 Å². The molecule has 1 unspecified atom stereocenters. The van der Waals surface area contributed by atoms with E-state index >= 15 is 0 Å². The van der Waals surface area contributed by atoms with Crippen molar-refractivity contribution >= 4 is 17.6 Å². The molecule has 1 rings (SSSR count). The number of ether oxygens (including phenoxy) is 1. The third-order valence-corrected chi connectivity index (χ3v) is 2.72. The maximum absolute atomic E-state index is 12.1. The lowest BCUT2D eigenvalue weighted by Crippen LogP contribution is -2.40. The number of amides is 1. The second-order valence-corrected chi connectivity index (χ2v) is 3.94. The van der Waals surface area contributed by atoms with E-state index in [1.54, 1.807) is 6.92 Å². The molecule has 0 aliphatic heterocycles. The van der Waals surface area contributed by atoms with Crippen LogP contribution in [-0.4, -0.2) is 48.5 Å². The smallest absolute Gasteiger partial charge is 0.335 e. The van der Waals surface area contributed by atoms with Gasteiger partial charge in [0, 0.05) is 19.3 Å². The van der Waals surface area contributed by atoms with E-state index < -0.39 is 12.1 Å². The fraction of sp³-hybridized carbons (Fsp3) is 0.385. The van der Waals surface area contributed by atoms with Crippen molar-refractivity contribution in [3.8, 4) is 0 Å². The Labute approximate surface area is 111 Å². The standard InChI is InChI=1S/C13H17NO5/c1-9(19-2)12(16)14(7-8-15)11-5-3-10(4-6-11)13(17)18/h3-6,9,15H,7-8H2,1-2H3,(H,17,18). The highest BCUT2D eigenvalue weighted by Gasteiger charge is 2.21. The van der Waals surface area contributed by atoms with Crippen LogP contribution in [0, 0.1) is 0 Å². The third kappa shape index (κ3) is 3.77. The van der Waals surface area contributed by atoms with Crippen molar-refractivity contribution in [2.24, 2.45) is 0 Å². The number of benzene rings is 1. The maximum Gasteiger partial charge on any atom is 0.335 e. The molecule has 1 amide bonds. The van der Waals surface area contributed by atoms with Crippen molar-refractivity contribution in [3.63, 3.8) is 0 Å². The number of aromatic carboxylic acids is 1. The zero-order valence-corrected chi connectivity index (χ0v) is 10.9. The molecule has 0 saturated heterocycles. The van der Waals surface area contributed by atoms with Crippen LogP contribution in [0.15, 0.2) is 24.3 Å². The normalized spacial score (nSPS) is 11.9. The number of aliphatic hydroxyl groups is 1. The highest BCUT2D eigenvalue weighted by atomic mass is 16.5. The van der Waals surface area contributed by atoms with Gasteiger partial charge in [-0.3, -0.25) is 4.79 Å². The summed E-state index contributed by atoms with van der Waals surface area (Å²) in [6, 6.07) is 5.87. The summed E-state index contributed by atoms with van der Waals surface area (Å²) in [5.41, 5.74) is 0.660. The lowest BCUT2D eigenvalue weighted by Gasteiger charge is -2.24. The Hall–Kier alpha value is -1.92. The van der Waals surface area contributed by atoms with Crippen LogP contribution in [0.3, 0.4) is 0 Å². The van der Waals surface area contributed by atoms with Crippen LogP contribution in [0.5, 0.6) is 0 Å². The Kier molecular flexibility index (Phi) is 5.47. The Morgan fingerprint density at radius 3 is 2.32 bits per heavy atom. The number of hydrogen-bond acceptors (Lipinski definition) is 4. The van der Waals surface area contributed by atoms with Crippen LogP contribution in [0.4, 0.5) is 5.69 Å². The quantitative estimate of drug-likeness (QED) is 0.794. The molecular formula is C13H17NO5. The second kappa shape index (κ2) is 6.86. The summed E-state index contributed by atoms with van der Waals surface area (Å²) in [5.74, 6) is -1.32. The number of methoxy groups -OCH3 is 1. The molecule has 0 aliphatic rings. The van der Waals surface area contributed by atoms with Gasteiger partial charge in [-0.1, -0.05) is 0 Å². The molecule has 0 aliphatic carbocycles. The van der Waals surface area contributed by atoms with Crippen molar-refractivity contribution in [1.82, 2.24) is 0 Å². The first kappa shape index (κ1) is 15.1. The van der Waals surface area contributed by atoms with E-state index in [-0.39, 0.29) is 24.6 Å². The minimum Gasteiger partial charge on any atom is -0.478 e. The van der Waals surface area contributed by atoms with E-state index in [0.29, 0.717) is 5.69 Å². The fourth-order valence-electron chi connectivity index (χ4n) is 1.57. The van der Waals surface area contributed by atoms with Crippen LogP contribution in [0.25, 0.3) is 0 Å². The molecule has 1 aromatic rings. The van der Waals surface area contributed by atoms with Gasteiger partial charge in [0.2, 0.25) is 0 Å². The number of rotatable bonds is 6. The van der Waals surface area contributed by atoms with Gasteiger partial charge >= 0.3 is 5.97 Å². The van der Waals surface area contributed by atoms with E-state index in [2.05, 4.69) is 0 Å². The van der Waals surface area contributed by atoms with Gasteiger partial charge in [-0.15, -0.1) is 0 Å². The van der Waals surface area contributed by atoms with Gasteiger partial charge in [-0.05, 0) is 31.2 Å². The van der Waals surface area contributed by atoms with E-state index in [4.69, 9.17) is 14.9 Å². The SMILES string of the molecule is COC(C)C(=O)N(CCO)c1ccc(C(=O)O)cc1. The Balaban J connectivity index is 2.98. The Bertz CT molecular complexity index is 443. The van der Waals surface area contributed by atoms with Crippen molar-refractivity contribution in [2.45, 2.75) is 13.0 Å². The molecule has 6 nitrogen and oxygen atoms in total. The first-order valence-electron chi connectivity index (χ1n) is 5.79. The molecule has 0 bridgehead atoms. The number of carbonyl (C=O) groups excluding carboxylic acids is 1. The van der Waals surface area contributed by atoms with E-state index in [1.807, 2.05) is 0 Å². The predicted molar refractivity (Wildman–Crippen MR) is 69.3 cm³/mol. The number of hydrogen-bond donors (Lipinski definition) is 2. The number of carboxylic acid groups (broad SMARTS) is 1. The maximum atomic E-state index is 12.1. The highest BCUT2D eigenvalue weighted by Crippen LogP contribution is 2.17. The highest BCUT2D eigenvalue weighted by molar-refractivity contribution is 5.97. The summed E-state index contributed by atoms with van der Waals surface area (Å²) < 4.78 is 4.96. The van der Waals surface area contributed by atoms with Crippen molar-refractivity contribution in [1.29, 1.82) is 0 Å². The summed E-state index contributed by atoms with van der Waals surface area (Å²) in [7, 11) is 1.42. The van der Waals surface area contributed by atoms with Gasteiger partial charge in [0.05, 0.1) is 12.2 Å². The molecule has 2 N–H and O–H groups in total. The molecule has 0 fully saturated rings. The summed E-state index contributed by atoms with van der Waals surface area (Å²) in [4.78, 5) is 24.2. The third-order valence-electron chi connectivity index (χ3n) is 2.72. The molecule has 6 heteroatoms. The van der Waals surface area contributed by atoms with Crippen LogP contribution in [0.2, 0.25) is 0 Å². The van der Waals surface area contributed by atoms with Gasteiger partial charge in [-0.25, -0.2) is 4.79 Å². The molecular weight excluding hydrogens is 250 g/mol. The monoisotopic (exact) mass is 267 g/mol. The number of aliphatic hydroxyl groups excluding tert-OH is 1. The molecule has 104 valence electrons. The fourth-order valence-corrected chi connectivity index (χ4v) is 1.57. The largest absolute Gasteiger partial charge is 0.478 e. The number of anilines is 1. The summed E-state index contributed by atoms with van der Waals surface area (Å²) >= 11 is 0. The zero-order chi connectivity index (χ0) is 14.4. The molecule has 0 radical (unpaired) electrons. The van der Waals surface area contributed by atoms with Gasteiger partial charge in [0.1, 0.15) is 6.10 Å². The van der Waals surface area contributed by atoms with Gasteiger partial charge in [0.15, 0.2) is 0 Å². The van der Waals surface area contributed by atoms with E-state index in [9.17, 15) is 9.59 Å². The molecule has 0 aromatic heterocycles. The minimum absolute atomic E-state index is 0.124. The molecule has 1 atom stereocenters. The predicted octanol–water partition coefficient (Wildman–Crippen LogP) is 0.745. The minimum atomic E-state index is -1.03. The molecule has 0 saturated carbocycles. The summed E-state index contributed by atoms with van der Waals surface area (Å²) in [6.07, 6.45) is -0.634. The average molecular weight is 267 g/mol. The zero-order valence-electron chi connectivity index (χ0n) is 10.9. The average Bonchev–Trinajstić information content (AvgIpc) is 2.43. The molecule has 0 heterocycles. The van der Waals surface area contributed by atoms with Gasteiger partial charge in [0.25, 0.3) is 5.91 Å². The van der Waals surface area contributed by atoms with Gasteiger partial charge < -0.3 is 19.8 Å². The van der Waals surface area contributed by atoms with Crippen LogP contribution in [-0.2, 0) is 9.53 Å². The van der Waals surface area contributed by atoms with E-state index in [1.165, 1.54) is 36.3 Å². The van der Waals surface area contributed by atoms with Crippen LogP contribution in [0.1, 0.15) is 17.3 Å². The first-order valence-corrected chi connectivity index (χ1v) is 5.79. The Morgan fingerprint density at radius 1 is 1.32 bits per heavy atom. The number of carbonyl (C=O) groups is 2. The van der Waals surface area contributed by atoms with Crippen molar-refractivity contribution < 1.29 is 24.5 Å². The van der Waals surface area contributed by atoms with Crippen LogP contribution < -0.4 is 4.90 Å². The summed E-state index contributed by atoms with van der Waals surface area (Å²) in [6.45, 7) is 1.54. The lowest BCUT2D eigenvalue weighted by atomic mass is 10.2. The molecule has 1 aromatic carbocycles. The van der Waals surface area contributed by atoms with Crippen LogP contribution >= 0.6 is 0 Å². The molecule has 19 heavy (non-hydrogen) atoms.